The number of aryl methyl sites for hydroxylation is 1. The highest BCUT2D eigenvalue weighted by Crippen LogP contribution is 2.33. The van der Waals surface area contributed by atoms with E-state index in [4.69, 9.17) is 4.89 Å². The van der Waals surface area contributed by atoms with Crippen LogP contribution in [-0.4, -0.2) is 14.9 Å². The van der Waals surface area contributed by atoms with Crippen molar-refractivity contribution in [1.82, 2.24) is 9.97 Å². The highest BCUT2D eigenvalue weighted by molar-refractivity contribution is 7.32. The zero-order valence-electron chi connectivity index (χ0n) is 9.29. The fourth-order valence-electron chi connectivity index (χ4n) is 1.23. The third kappa shape index (κ3) is 3.21. The number of rotatable bonds is 5. The molecular formula is C9H10FN2O3PS2. The van der Waals surface area contributed by atoms with Gasteiger partial charge in [-0.3, -0.25) is 9.09 Å². The minimum atomic E-state index is -3.31. The Kier molecular flexibility index (Phi) is 4.58. The van der Waals surface area contributed by atoms with Crippen molar-refractivity contribution in [2.75, 3.05) is 0 Å². The maximum absolute atomic E-state index is 13.4. The van der Waals surface area contributed by atoms with Gasteiger partial charge in [0, 0.05) is 10.8 Å². The number of hydrogen-bond acceptors (Lipinski definition) is 6. The van der Waals surface area contributed by atoms with Gasteiger partial charge in [-0.1, -0.05) is 6.92 Å². The van der Waals surface area contributed by atoms with E-state index in [1.807, 2.05) is 12.3 Å². The Bertz CT molecular complexity index is 560. The summed E-state index contributed by atoms with van der Waals surface area (Å²) in [6.07, 6.45) is -1.14. The van der Waals surface area contributed by atoms with Crippen LogP contribution in [0.2, 0.25) is 0 Å². The fraction of sp³-hybridized carbons (Fsp3) is 0.333. The highest BCUT2D eigenvalue weighted by atomic mass is 32.1. The third-order valence-corrected chi connectivity index (χ3v) is 4.32. The fourth-order valence-corrected chi connectivity index (χ4v) is 3.11. The van der Waals surface area contributed by atoms with Crippen molar-refractivity contribution in [3.05, 3.63) is 21.5 Å². The second kappa shape index (κ2) is 5.99. The quantitative estimate of drug-likeness (QED) is 0.859. The summed E-state index contributed by atoms with van der Waals surface area (Å²) in [5, 5.41) is 4.86. The Balaban J connectivity index is 2.17. The lowest BCUT2D eigenvalue weighted by Crippen LogP contribution is -1.92. The molecule has 2 atom stereocenters. The summed E-state index contributed by atoms with van der Waals surface area (Å²) in [6.45, 7) is 2.00. The molecule has 0 aliphatic heterocycles. The van der Waals surface area contributed by atoms with Gasteiger partial charge in [-0.15, -0.1) is 22.7 Å². The van der Waals surface area contributed by atoms with Gasteiger partial charge < -0.3 is 4.89 Å². The minimum Gasteiger partial charge on any atom is -0.326 e. The standard InChI is InChI=1S/C9H10FN2O3PS2/c1-2-7-11-6(4-17-7)9-12-5(3-18-9)8(10)15-16(13)14/h3-4,8,16H,2H2,1H3,(H,13,14). The number of halogens is 1. The summed E-state index contributed by atoms with van der Waals surface area (Å²) in [5.41, 5.74) is 0.686. The molecule has 0 saturated carbocycles. The molecule has 5 nitrogen and oxygen atoms in total. The van der Waals surface area contributed by atoms with E-state index >= 15 is 0 Å². The van der Waals surface area contributed by atoms with Crippen LogP contribution in [0.5, 0.6) is 0 Å². The summed E-state index contributed by atoms with van der Waals surface area (Å²) < 4.78 is 27.9. The Morgan fingerprint density at radius 3 is 2.89 bits per heavy atom. The van der Waals surface area contributed by atoms with Gasteiger partial charge in [0.2, 0.25) is 6.36 Å². The Hall–Kier alpha value is -0.660. The molecule has 0 radical (unpaired) electrons. The molecule has 2 heterocycles. The topological polar surface area (TPSA) is 72.3 Å². The van der Waals surface area contributed by atoms with Crippen LogP contribution >= 0.6 is 30.9 Å². The van der Waals surface area contributed by atoms with Crippen LogP contribution in [-0.2, 0) is 15.5 Å². The van der Waals surface area contributed by atoms with Gasteiger partial charge in [0.15, 0.2) is 0 Å². The second-order valence-electron chi connectivity index (χ2n) is 3.26. The monoisotopic (exact) mass is 308 g/mol. The van der Waals surface area contributed by atoms with E-state index in [0.29, 0.717) is 10.7 Å². The molecule has 1 N–H and O–H groups in total. The molecule has 0 amide bonds. The first-order chi connectivity index (χ1) is 8.60. The maximum Gasteiger partial charge on any atom is 0.319 e. The molecule has 0 bridgehead atoms. The smallest absolute Gasteiger partial charge is 0.319 e. The molecule has 0 fully saturated rings. The molecular weight excluding hydrogens is 298 g/mol. The van der Waals surface area contributed by atoms with E-state index in [9.17, 15) is 8.96 Å². The predicted octanol–water partition coefficient (Wildman–Crippen LogP) is 3.20. The van der Waals surface area contributed by atoms with Crippen LogP contribution in [0.1, 0.15) is 24.0 Å². The largest absolute Gasteiger partial charge is 0.326 e. The number of aromatic nitrogens is 2. The molecule has 0 aliphatic carbocycles. The molecule has 0 saturated heterocycles. The Labute approximate surface area is 111 Å². The number of thiazole rings is 2. The Morgan fingerprint density at radius 2 is 2.28 bits per heavy atom. The predicted molar refractivity (Wildman–Crippen MR) is 68.8 cm³/mol. The van der Waals surface area contributed by atoms with Crippen LogP contribution in [0.4, 0.5) is 4.39 Å². The summed E-state index contributed by atoms with van der Waals surface area (Å²) in [5.74, 6) is 0. The van der Waals surface area contributed by atoms with Gasteiger partial charge in [-0.2, -0.15) is 0 Å². The van der Waals surface area contributed by atoms with Crippen LogP contribution in [0.3, 0.4) is 0 Å². The van der Waals surface area contributed by atoms with Crippen LogP contribution in [0, 0.1) is 0 Å². The molecule has 18 heavy (non-hydrogen) atoms. The summed E-state index contributed by atoms with van der Waals surface area (Å²) in [7, 11) is -3.31. The van der Waals surface area contributed by atoms with Crippen LogP contribution in [0.25, 0.3) is 10.7 Å². The van der Waals surface area contributed by atoms with Gasteiger partial charge in [-0.05, 0) is 6.42 Å². The van der Waals surface area contributed by atoms with Crippen molar-refractivity contribution < 1.29 is 18.4 Å². The van der Waals surface area contributed by atoms with Crippen molar-refractivity contribution in [1.29, 1.82) is 0 Å². The van der Waals surface area contributed by atoms with Gasteiger partial charge in [0.05, 0.1) is 5.01 Å². The van der Waals surface area contributed by atoms with Gasteiger partial charge in [0.1, 0.15) is 16.4 Å². The zero-order chi connectivity index (χ0) is 13.1. The number of hydrogen-bond donors (Lipinski definition) is 1. The molecule has 98 valence electrons. The first kappa shape index (κ1) is 13.8. The molecule has 0 aliphatic rings. The highest BCUT2D eigenvalue weighted by Gasteiger charge is 2.18. The van der Waals surface area contributed by atoms with E-state index < -0.39 is 14.6 Å². The van der Waals surface area contributed by atoms with Gasteiger partial charge >= 0.3 is 8.25 Å². The molecule has 2 rings (SSSR count). The minimum absolute atomic E-state index is 0.00607. The first-order valence-corrected chi connectivity index (χ1v) is 8.06. The van der Waals surface area contributed by atoms with Crippen molar-refractivity contribution in [3.8, 4) is 10.7 Å². The Morgan fingerprint density at radius 1 is 1.50 bits per heavy atom. The molecule has 2 unspecified atom stereocenters. The third-order valence-electron chi connectivity index (χ3n) is 2.03. The van der Waals surface area contributed by atoms with E-state index in [1.54, 1.807) is 0 Å². The summed E-state index contributed by atoms with van der Waals surface area (Å²) >= 11 is 2.74. The van der Waals surface area contributed by atoms with Crippen molar-refractivity contribution in [3.63, 3.8) is 0 Å². The lowest BCUT2D eigenvalue weighted by Gasteiger charge is -2.02. The SMILES string of the molecule is CCc1nc(-c2nc(C(F)O[PH](=O)O)cs2)cs1. The number of alkyl halides is 1. The molecule has 0 spiro atoms. The number of nitrogens with zero attached hydrogens (tertiary/aromatic N) is 2. The molecule has 9 heteroatoms. The van der Waals surface area contributed by atoms with E-state index in [-0.39, 0.29) is 5.69 Å². The van der Waals surface area contributed by atoms with Gasteiger partial charge in [0.25, 0.3) is 0 Å². The van der Waals surface area contributed by atoms with Gasteiger partial charge in [-0.25, -0.2) is 14.4 Å². The average Bonchev–Trinajstić information content (AvgIpc) is 2.96. The zero-order valence-corrected chi connectivity index (χ0v) is 11.9. The normalized spacial score (nSPS) is 14.6. The summed E-state index contributed by atoms with van der Waals surface area (Å²) in [4.78, 5) is 16.8. The summed E-state index contributed by atoms with van der Waals surface area (Å²) in [6, 6.07) is 0. The van der Waals surface area contributed by atoms with Crippen LogP contribution < -0.4 is 0 Å². The van der Waals surface area contributed by atoms with E-state index in [2.05, 4.69) is 14.5 Å². The average molecular weight is 308 g/mol. The maximum atomic E-state index is 13.4. The lowest BCUT2D eigenvalue weighted by atomic mass is 10.4. The lowest BCUT2D eigenvalue weighted by molar-refractivity contribution is 0.0602. The van der Waals surface area contributed by atoms with Crippen molar-refractivity contribution >= 4 is 30.9 Å². The van der Waals surface area contributed by atoms with E-state index in [1.165, 1.54) is 28.1 Å². The van der Waals surface area contributed by atoms with Crippen LogP contribution in [0.15, 0.2) is 10.8 Å². The molecule has 0 aromatic carbocycles. The molecule has 2 aromatic heterocycles. The first-order valence-electron chi connectivity index (χ1n) is 5.04. The van der Waals surface area contributed by atoms with Crippen molar-refractivity contribution in [2.45, 2.75) is 19.7 Å². The van der Waals surface area contributed by atoms with Crippen molar-refractivity contribution in [2.24, 2.45) is 0 Å². The molecule has 2 aromatic rings. The van der Waals surface area contributed by atoms with E-state index in [0.717, 1.165) is 11.4 Å². The second-order valence-corrected chi connectivity index (χ2v) is 5.83.